The van der Waals surface area contributed by atoms with Crippen LogP contribution in [0.1, 0.15) is 40.9 Å². The zero-order chi connectivity index (χ0) is 14.0. The maximum Gasteiger partial charge on any atom is 0.336 e. The van der Waals surface area contributed by atoms with E-state index in [9.17, 15) is 9.90 Å². The first kappa shape index (κ1) is 13.3. The summed E-state index contributed by atoms with van der Waals surface area (Å²) in [4.78, 5) is 15.4. The predicted molar refractivity (Wildman–Crippen MR) is 75.5 cm³/mol. The van der Waals surface area contributed by atoms with Crippen molar-refractivity contribution in [2.45, 2.75) is 27.2 Å². The molecule has 0 fully saturated rings. The summed E-state index contributed by atoms with van der Waals surface area (Å²) in [6, 6.07) is 5.51. The molecule has 3 rings (SSSR count). The molecular weight excluding hydrogens is 238 g/mol. The number of pyridine rings is 1. The summed E-state index contributed by atoms with van der Waals surface area (Å²) in [7, 11) is 0. The van der Waals surface area contributed by atoms with Crippen LogP contribution >= 0.6 is 0 Å². The molecule has 3 heteroatoms. The van der Waals surface area contributed by atoms with Crippen molar-refractivity contribution in [3.8, 4) is 11.1 Å². The van der Waals surface area contributed by atoms with Crippen LogP contribution in [-0.2, 0) is 6.42 Å². The molecule has 1 N–H and O–H groups in total. The predicted octanol–water partition coefficient (Wildman–Crippen LogP) is 3.69. The number of rotatable bonds is 1. The van der Waals surface area contributed by atoms with Gasteiger partial charge in [0.05, 0.1) is 5.56 Å². The van der Waals surface area contributed by atoms with Gasteiger partial charge in [0.1, 0.15) is 0 Å². The highest BCUT2D eigenvalue weighted by molar-refractivity contribution is 5.99. The number of fused-ring (bicyclic) bond motifs is 3. The molecule has 0 aliphatic heterocycles. The van der Waals surface area contributed by atoms with Crippen LogP contribution in [0.3, 0.4) is 0 Å². The van der Waals surface area contributed by atoms with Crippen molar-refractivity contribution in [2.75, 3.05) is 0 Å². The first-order valence-corrected chi connectivity index (χ1v) is 6.47. The van der Waals surface area contributed by atoms with Crippen LogP contribution < -0.4 is 0 Å². The molecule has 1 aromatic heterocycles. The third kappa shape index (κ3) is 2.12. The first-order valence-electron chi connectivity index (χ1n) is 6.47. The number of carboxylic acid groups (broad SMARTS) is 1. The fourth-order valence-electron chi connectivity index (χ4n) is 2.46. The third-order valence-electron chi connectivity index (χ3n) is 3.33. The summed E-state index contributed by atoms with van der Waals surface area (Å²) in [5, 5.41) is 9.25. The Balaban J connectivity index is 0.000000637. The maximum absolute atomic E-state index is 11.3. The zero-order valence-electron chi connectivity index (χ0n) is 11.4. The molecule has 0 unspecified atom stereocenters. The molecule has 98 valence electrons. The number of hydrogen-bond acceptors (Lipinski definition) is 2. The second-order valence-electron chi connectivity index (χ2n) is 4.30. The monoisotopic (exact) mass is 255 g/mol. The summed E-state index contributed by atoms with van der Waals surface area (Å²) in [6.07, 6.45) is 4.31. The van der Waals surface area contributed by atoms with Crippen LogP contribution in [0.25, 0.3) is 11.1 Å². The summed E-state index contributed by atoms with van der Waals surface area (Å²) in [5.41, 5.74) is 5.60. The number of aryl methyl sites for hydroxylation is 1. The summed E-state index contributed by atoms with van der Waals surface area (Å²) < 4.78 is 0. The van der Waals surface area contributed by atoms with E-state index in [0.29, 0.717) is 5.56 Å². The lowest BCUT2D eigenvalue weighted by molar-refractivity contribution is 0.0697. The standard InChI is InChI=1S/C14H11NO2.C2H6/c1-8-2-3-10(14(16)17)13-11(8)6-9-4-5-15-7-12(9)13;1-2/h2-5,7H,6H2,1H3,(H,16,17);1-2H3. The van der Waals surface area contributed by atoms with Gasteiger partial charge in [0.25, 0.3) is 0 Å². The lowest BCUT2D eigenvalue weighted by Gasteiger charge is -2.07. The van der Waals surface area contributed by atoms with Crippen molar-refractivity contribution in [2.24, 2.45) is 0 Å². The highest BCUT2D eigenvalue weighted by Gasteiger charge is 2.25. The molecule has 2 aromatic rings. The minimum atomic E-state index is -0.877. The largest absolute Gasteiger partial charge is 0.478 e. The number of carbonyl (C=O) groups is 1. The Hall–Kier alpha value is -2.16. The molecule has 1 aromatic carbocycles. The zero-order valence-corrected chi connectivity index (χ0v) is 11.4. The topological polar surface area (TPSA) is 50.2 Å². The molecule has 19 heavy (non-hydrogen) atoms. The van der Waals surface area contributed by atoms with Crippen LogP contribution in [0.5, 0.6) is 0 Å². The van der Waals surface area contributed by atoms with E-state index in [1.807, 2.05) is 32.9 Å². The van der Waals surface area contributed by atoms with E-state index >= 15 is 0 Å². The van der Waals surface area contributed by atoms with Crippen molar-refractivity contribution in [3.63, 3.8) is 0 Å². The molecule has 0 amide bonds. The molecule has 0 saturated heterocycles. The lowest BCUT2D eigenvalue weighted by Crippen LogP contribution is -2.01. The third-order valence-corrected chi connectivity index (χ3v) is 3.33. The van der Waals surface area contributed by atoms with Crippen molar-refractivity contribution < 1.29 is 9.90 Å². The Labute approximate surface area is 112 Å². The van der Waals surface area contributed by atoms with Gasteiger partial charge in [-0.05, 0) is 42.2 Å². The van der Waals surface area contributed by atoms with Gasteiger partial charge in [0, 0.05) is 23.5 Å². The summed E-state index contributed by atoms with van der Waals surface area (Å²) in [5.74, 6) is -0.877. The molecule has 3 nitrogen and oxygen atoms in total. The maximum atomic E-state index is 11.3. The number of aromatic nitrogens is 1. The highest BCUT2D eigenvalue weighted by atomic mass is 16.4. The normalized spacial score (nSPS) is 11.1. The van der Waals surface area contributed by atoms with Crippen LogP contribution in [0, 0.1) is 6.92 Å². The van der Waals surface area contributed by atoms with E-state index in [1.165, 1.54) is 0 Å². The Morgan fingerprint density at radius 1 is 1.26 bits per heavy atom. The molecule has 1 heterocycles. The van der Waals surface area contributed by atoms with Gasteiger partial charge in [-0.25, -0.2) is 4.79 Å². The van der Waals surface area contributed by atoms with Crippen molar-refractivity contribution in [3.05, 3.63) is 52.8 Å². The number of aromatic carboxylic acids is 1. The molecular formula is C16H17NO2. The van der Waals surface area contributed by atoms with Gasteiger partial charge < -0.3 is 5.11 Å². The molecule has 1 aliphatic carbocycles. The Bertz CT molecular complexity index is 633. The average molecular weight is 255 g/mol. The fraction of sp³-hybridized carbons (Fsp3) is 0.250. The molecule has 1 aliphatic rings. The van der Waals surface area contributed by atoms with Gasteiger partial charge in [0.2, 0.25) is 0 Å². The average Bonchev–Trinajstić information content (AvgIpc) is 2.82. The van der Waals surface area contributed by atoms with E-state index in [0.717, 1.165) is 34.2 Å². The highest BCUT2D eigenvalue weighted by Crippen LogP contribution is 2.39. The molecule has 0 bridgehead atoms. The van der Waals surface area contributed by atoms with Crippen LogP contribution in [0.2, 0.25) is 0 Å². The van der Waals surface area contributed by atoms with Crippen LogP contribution in [-0.4, -0.2) is 16.1 Å². The Kier molecular flexibility index (Phi) is 3.65. The van der Waals surface area contributed by atoms with E-state index in [4.69, 9.17) is 0 Å². The van der Waals surface area contributed by atoms with E-state index in [2.05, 4.69) is 4.98 Å². The van der Waals surface area contributed by atoms with E-state index < -0.39 is 5.97 Å². The minimum absolute atomic E-state index is 0.373. The van der Waals surface area contributed by atoms with Gasteiger partial charge in [-0.1, -0.05) is 19.9 Å². The van der Waals surface area contributed by atoms with Crippen molar-refractivity contribution in [1.29, 1.82) is 0 Å². The second kappa shape index (κ2) is 5.22. The van der Waals surface area contributed by atoms with Crippen molar-refractivity contribution >= 4 is 5.97 Å². The number of benzene rings is 1. The minimum Gasteiger partial charge on any atom is -0.478 e. The molecule has 0 radical (unpaired) electrons. The Morgan fingerprint density at radius 2 is 2.00 bits per heavy atom. The SMILES string of the molecule is CC.Cc1ccc(C(=O)O)c2c1Cc1ccncc1-2. The lowest BCUT2D eigenvalue weighted by atomic mass is 9.97. The second-order valence-corrected chi connectivity index (χ2v) is 4.30. The van der Waals surface area contributed by atoms with Gasteiger partial charge in [-0.2, -0.15) is 0 Å². The molecule has 0 spiro atoms. The van der Waals surface area contributed by atoms with Gasteiger partial charge in [0.15, 0.2) is 0 Å². The first-order chi connectivity index (χ1) is 9.18. The summed E-state index contributed by atoms with van der Waals surface area (Å²) in [6.45, 7) is 6.02. The smallest absolute Gasteiger partial charge is 0.336 e. The summed E-state index contributed by atoms with van der Waals surface area (Å²) >= 11 is 0. The fourth-order valence-corrected chi connectivity index (χ4v) is 2.46. The van der Waals surface area contributed by atoms with Crippen LogP contribution in [0.15, 0.2) is 30.6 Å². The van der Waals surface area contributed by atoms with Gasteiger partial charge in [-0.3, -0.25) is 4.98 Å². The van der Waals surface area contributed by atoms with Crippen LogP contribution in [0.4, 0.5) is 0 Å². The van der Waals surface area contributed by atoms with E-state index in [-0.39, 0.29) is 0 Å². The Morgan fingerprint density at radius 3 is 2.68 bits per heavy atom. The number of nitrogens with zero attached hydrogens (tertiary/aromatic N) is 1. The number of carboxylic acids is 1. The van der Waals surface area contributed by atoms with Crippen molar-refractivity contribution in [1.82, 2.24) is 4.98 Å². The molecule has 0 saturated carbocycles. The number of hydrogen-bond donors (Lipinski definition) is 1. The molecule has 0 atom stereocenters. The van der Waals surface area contributed by atoms with E-state index in [1.54, 1.807) is 18.5 Å². The quantitative estimate of drug-likeness (QED) is 0.721. The van der Waals surface area contributed by atoms with Gasteiger partial charge in [-0.15, -0.1) is 0 Å². The van der Waals surface area contributed by atoms with Gasteiger partial charge >= 0.3 is 5.97 Å².